The number of carbonyl (C=O) groups is 1. The van der Waals surface area contributed by atoms with Crippen LogP contribution in [0.5, 0.6) is 11.5 Å². The zero-order valence-corrected chi connectivity index (χ0v) is 11.5. The van der Waals surface area contributed by atoms with E-state index in [2.05, 4.69) is 0 Å². The van der Waals surface area contributed by atoms with E-state index >= 15 is 0 Å². The first-order chi connectivity index (χ1) is 9.67. The number of methoxy groups -OCH3 is 1. The Morgan fingerprint density at radius 1 is 1.20 bits per heavy atom. The zero-order chi connectivity index (χ0) is 14.1. The Hall–Kier alpha value is -2.26. The lowest BCUT2D eigenvalue weighted by molar-refractivity contribution is 0.101. The van der Waals surface area contributed by atoms with Gasteiger partial charge in [0.05, 0.1) is 12.7 Å². The van der Waals surface area contributed by atoms with Gasteiger partial charge in [-0.3, -0.25) is 4.79 Å². The Morgan fingerprint density at radius 2 is 2.05 bits per heavy atom. The van der Waals surface area contributed by atoms with Crippen molar-refractivity contribution in [3.63, 3.8) is 0 Å². The number of carbonyl (C=O) groups excluding carboxylic acids is 1. The molecule has 0 spiro atoms. The van der Waals surface area contributed by atoms with Crippen molar-refractivity contribution in [2.24, 2.45) is 0 Å². The number of halogens is 1. The molecule has 0 N–H and O–H groups in total. The average molecular weight is 287 g/mol. The van der Waals surface area contributed by atoms with Crippen molar-refractivity contribution in [2.75, 3.05) is 7.11 Å². The van der Waals surface area contributed by atoms with E-state index < -0.39 is 0 Å². The maximum absolute atomic E-state index is 12.2. The van der Waals surface area contributed by atoms with E-state index in [1.165, 1.54) is 0 Å². The van der Waals surface area contributed by atoms with Crippen LogP contribution in [0.2, 0.25) is 5.02 Å². The summed E-state index contributed by atoms with van der Waals surface area (Å²) >= 11 is 5.89. The Balaban J connectivity index is 1.97. The topological polar surface area (TPSA) is 35.5 Å². The van der Waals surface area contributed by atoms with Crippen molar-refractivity contribution in [3.8, 4) is 11.5 Å². The smallest absolute Gasteiger partial charge is 0.232 e. The molecule has 3 rings (SSSR count). The van der Waals surface area contributed by atoms with Gasteiger partial charge in [0.25, 0.3) is 0 Å². The molecule has 0 saturated heterocycles. The molecule has 3 nitrogen and oxygen atoms in total. The van der Waals surface area contributed by atoms with Crippen LogP contribution in [0, 0.1) is 0 Å². The summed E-state index contributed by atoms with van der Waals surface area (Å²) in [5.41, 5.74) is 1.33. The quantitative estimate of drug-likeness (QED) is 0.784. The van der Waals surface area contributed by atoms with Gasteiger partial charge in [0, 0.05) is 5.02 Å². The lowest BCUT2D eigenvalue weighted by atomic mass is 10.1. The SMILES string of the molecule is COc1cccc(/C=C2\Oc3ccc(Cl)cc3C2=O)c1. The predicted octanol–water partition coefficient (Wildman–Crippen LogP) is 3.96. The molecule has 0 atom stereocenters. The zero-order valence-electron chi connectivity index (χ0n) is 10.7. The molecule has 0 unspecified atom stereocenters. The van der Waals surface area contributed by atoms with Crippen molar-refractivity contribution in [1.82, 2.24) is 0 Å². The number of Topliss-reactive ketones (excluding diaryl/α,β-unsaturated/α-hetero) is 1. The summed E-state index contributed by atoms with van der Waals surface area (Å²) in [4.78, 5) is 12.2. The molecule has 1 heterocycles. The Bertz CT molecular complexity index is 719. The number of rotatable bonds is 2. The molecule has 2 aromatic carbocycles. The summed E-state index contributed by atoms with van der Waals surface area (Å²) in [5.74, 6) is 1.39. The minimum absolute atomic E-state index is 0.162. The van der Waals surface area contributed by atoms with E-state index in [-0.39, 0.29) is 11.5 Å². The summed E-state index contributed by atoms with van der Waals surface area (Å²) in [5, 5.41) is 0.517. The molecule has 2 aromatic rings. The van der Waals surface area contributed by atoms with Crippen LogP contribution in [0.25, 0.3) is 6.08 Å². The highest BCUT2D eigenvalue weighted by Gasteiger charge is 2.27. The maximum atomic E-state index is 12.2. The third-order valence-electron chi connectivity index (χ3n) is 3.02. The van der Waals surface area contributed by atoms with Crippen LogP contribution in [-0.2, 0) is 0 Å². The summed E-state index contributed by atoms with van der Waals surface area (Å²) in [6.07, 6.45) is 1.69. The fraction of sp³-hybridized carbons (Fsp3) is 0.0625. The van der Waals surface area contributed by atoms with E-state index in [9.17, 15) is 4.79 Å². The van der Waals surface area contributed by atoms with Gasteiger partial charge in [-0.1, -0.05) is 23.7 Å². The van der Waals surface area contributed by atoms with Gasteiger partial charge in [-0.2, -0.15) is 0 Å². The largest absolute Gasteiger partial charge is 0.497 e. The highest BCUT2D eigenvalue weighted by Crippen LogP contribution is 2.33. The van der Waals surface area contributed by atoms with Gasteiger partial charge >= 0.3 is 0 Å². The molecule has 0 aromatic heterocycles. The number of fused-ring (bicyclic) bond motifs is 1. The number of hydrogen-bond donors (Lipinski definition) is 0. The highest BCUT2D eigenvalue weighted by molar-refractivity contribution is 6.31. The maximum Gasteiger partial charge on any atom is 0.232 e. The van der Waals surface area contributed by atoms with E-state index in [4.69, 9.17) is 21.1 Å². The molecule has 0 saturated carbocycles. The fourth-order valence-electron chi connectivity index (χ4n) is 2.04. The number of ketones is 1. The average Bonchev–Trinajstić information content (AvgIpc) is 2.76. The Morgan fingerprint density at radius 3 is 2.85 bits per heavy atom. The van der Waals surface area contributed by atoms with Gasteiger partial charge in [0.2, 0.25) is 5.78 Å². The van der Waals surface area contributed by atoms with Gasteiger partial charge in [0.15, 0.2) is 5.76 Å². The van der Waals surface area contributed by atoms with Crippen molar-refractivity contribution < 1.29 is 14.3 Å². The van der Waals surface area contributed by atoms with Crippen LogP contribution in [-0.4, -0.2) is 12.9 Å². The lowest BCUT2D eigenvalue weighted by Crippen LogP contribution is -1.98. The molecule has 0 radical (unpaired) electrons. The first-order valence-corrected chi connectivity index (χ1v) is 6.43. The molecule has 1 aliphatic rings. The summed E-state index contributed by atoms with van der Waals surface area (Å²) in [7, 11) is 1.60. The van der Waals surface area contributed by atoms with Gasteiger partial charge < -0.3 is 9.47 Å². The molecular formula is C16H11ClO3. The van der Waals surface area contributed by atoms with E-state index in [1.807, 2.05) is 24.3 Å². The first kappa shape index (κ1) is 12.8. The monoisotopic (exact) mass is 286 g/mol. The Labute approximate surface area is 121 Å². The molecule has 1 aliphatic heterocycles. The number of ether oxygens (including phenoxy) is 2. The van der Waals surface area contributed by atoms with Gasteiger partial charge in [-0.15, -0.1) is 0 Å². The van der Waals surface area contributed by atoms with Crippen LogP contribution in [0.15, 0.2) is 48.2 Å². The minimum atomic E-state index is -0.162. The molecule has 0 amide bonds. The second kappa shape index (κ2) is 5.02. The lowest BCUT2D eigenvalue weighted by Gasteiger charge is -2.01. The van der Waals surface area contributed by atoms with Crippen molar-refractivity contribution in [1.29, 1.82) is 0 Å². The van der Waals surface area contributed by atoms with Crippen LogP contribution in [0.3, 0.4) is 0 Å². The van der Waals surface area contributed by atoms with E-state index in [0.29, 0.717) is 16.3 Å². The molecular weight excluding hydrogens is 276 g/mol. The summed E-state index contributed by atoms with van der Waals surface area (Å²) < 4.78 is 10.7. The van der Waals surface area contributed by atoms with E-state index in [0.717, 1.165) is 11.3 Å². The van der Waals surface area contributed by atoms with Gasteiger partial charge in [-0.25, -0.2) is 0 Å². The molecule has 0 fully saturated rings. The third kappa shape index (κ3) is 2.28. The predicted molar refractivity (Wildman–Crippen MR) is 77.4 cm³/mol. The molecule has 0 bridgehead atoms. The second-order valence-corrected chi connectivity index (χ2v) is 4.79. The van der Waals surface area contributed by atoms with Crippen LogP contribution < -0.4 is 9.47 Å². The van der Waals surface area contributed by atoms with Crippen molar-refractivity contribution in [3.05, 3.63) is 64.4 Å². The fourth-order valence-corrected chi connectivity index (χ4v) is 2.22. The molecule has 20 heavy (non-hydrogen) atoms. The standard InChI is InChI=1S/C16H11ClO3/c1-19-12-4-2-3-10(7-12)8-15-16(18)13-9-11(17)5-6-14(13)20-15/h2-9H,1H3/b15-8-. The van der Waals surface area contributed by atoms with Crippen LogP contribution >= 0.6 is 11.6 Å². The first-order valence-electron chi connectivity index (χ1n) is 6.05. The van der Waals surface area contributed by atoms with Crippen LogP contribution in [0.1, 0.15) is 15.9 Å². The van der Waals surface area contributed by atoms with Gasteiger partial charge in [-0.05, 0) is 42.0 Å². The minimum Gasteiger partial charge on any atom is -0.497 e. The van der Waals surface area contributed by atoms with Crippen LogP contribution in [0.4, 0.5) is 0 Å². The Kier molecular flexibility index (Phi) is 3.20. The van der Waals surface area contributed by atoms with Gasteiger partial charge in [0.1, 0.15) is 11.5 Å². The molecule has 0 aliphatic carbocycles. The third-order valence-corrected chi connectivity index (χ3v) is 3.26. The highest BCUT2D eigenvalue weighted by atomic mass is 35.5. The van der Waals surface area contributed by atoms with Crippen molar-refractivity contribution >= 4 is 23.5 Å². The normalized spacial score (nSPS) is 15.1. The second-order valence-electron chi connectivity index (χ2n) is 4.36. The molecule has 100 valence electrons. The summed E-state index contributed by atoms with van der Waals surface area (Å²) in [6.45, 7) is 0. The number of hydrogen-bond acceptors (Lipinski definition) is 3. The summed E-state index contributed by atoms with van der Waals surface area (Å²) in [6, 6.07) is 12.4. The number of allylic oxidation sites excluding steroid dienone is 1. The number of benzene rings is 2. The van der Waals surface area contributed by atoms with E-state index in [1.54, 1.807) is 31.4 Å². The van der Waals surface area contributed by atoms with Crippen molar-refractivity contribution in [2.45, 2.75) is 0 Å². The molecule has 4 heteroatoms.